The van der Waals surface area contributed by atoms with Crippen LogP contribution in [0, 0.1) is 0 Å². The molecule has 1 heterocycles. The van der Waals surface area contributed by atoms with Crippen molar-refractivity contribution in [3.8, 4) is 0 Å². The molecule has 1 aliphatic heterocycles. The lowest BCUT2D eigenvalue weighted by molar-refractivity contribution is -0.143. The first kappa shape index (κ1) is 22.9. The summed E-state index contributed by atoms with van der Waals surface area (Å²) in [5.41, 5.74) is -2.16. The minimum absolute atomic E-state index is 0.0764. The molecule has 2 aromatic carbocycles. The number of nitrogens with one attached hydrogen (secondary N) is 1. The van der Waals surface area contributed by atoms with E-state index < -0.39 is 36.1 Å². The molecule has 1 fully saturated rings. The molecule has 1 unspecified atom stereocenters. The Morgan fingerprint density at radius 2 is 1.61 bits per heavy atom. The van der Waals surface area contributed by atoms with Gasteiger partial charge in [0.05, 0.1) is 17.2 Å². The van der Waals surface area contributed by atoms with Gasteiger partial charge in [0.2, 0.25) is 0 Å². The van der Waals surface area contributed by atoms with E-state index in [0.717, 1.165) is 10.5 Å². The van der Waals surface area contributed by atoms with E-state index in [-0.39, 0.29) is 17.7 Å². The Labute approximate surface area is 175 Å². The maximum atomic E-state index is 13.1. The number of hydrogen-bond donors (Lipinski definition) is 1. The topological polar surface area (TPSA) is 35.6 Å². The predicted molar refractivity (Wildman–Crippen MR) is 102 cm³/mol. The number of hydrogen-bond acceptors (Lipinski definition) is 2. The molecule has 0 saturated carbocycles. The van der Waals surface area contributed by atoms with Crippen molar-refractivity contribution in [1.82, 2.24) is 15.1 Å². The van der Waals surface area contributed by atoms with Gasteiger partial charge in [-0.05, 0) is 29.3 Å². The monoisotopic (exact) mass is 445 g/mol. The van der Waals surface area contributed by atoms with Gasteiger partial charge in [0, 0.05) is 33.2 Å². The number of benzene rings is 2. The smallest absolute Gasteiger partial charge is 0.323 e. The molecule has 1 N–H and O–H groups in total. The normalized spacial score (nSPS) is 17.5. The first-order chi connectivity index (χ1) is 14.5. The van der Waals surface area contributed by atoms with Gasteiger partial charge in [-0.25, -0.2) is 4.79 Å². The standard InChI is InChI=1S/C21H21F6N3O/c1-29(13-14-9-16(20(22,23)24)11-17(10-14)21(25,26)27)19(31)30-8-7-28-12-18(30)15-5-3-2-4-6-15/h2-6,9-11,18,28H,7-8,12-13H2,1H3. The molecule has 0 aromatic heterocycles. The Morgan fingerprint density at radius 1 is 1.03 bits per heavy atom. The molecule has 0 spiro atoms. The predicted octanol–water partition coefficient (Wildman–Crippen LogP) is 4.92. The number of carbonyl (C=O) groups excluding carboxylic acids is 1. The first-order valence-corrected chi connectivity index (χ1v) is 9.52. The van der Waals surface area contributed by atoms with Crippen molar-refractivity contribution in [2.24, 2.45) is 0 Å². The van der Waals surface area contributed by atoms with Crippen LogP contribution >= 0.6 is 0 Å². The van der Waals surface area contributed by atoms with Crippen LogP contribution in [0.2, 0.25) is 0 Å². The lowest BCUT2D eigenvalue weighted by Gasteiger charge is -2.38. The Bertz CT molecular complexity index is 881. The Balaban J connectivity index is 1.84. The zero-order chi connectivity index (χ0) is 22.8. The van der Waals surface area contributed by atoms with Crippen LogP contribution in [-0.2, 0) is 18.9 Å². The molecule has 2 aromatic rings. The number of carbonyl (C=O) groups is 1. The zero-order valence-corrected chi connectivity index (χ0v) is 16.6. The highest BCUT2D eigenvalue weighted by Crippen LogP contribution is 2.36. The number of urea groups is 1. The molecular weight excluding hydrogens is 424 g/mol. The summed E-state index contributed by atoms with van der Waals surface area (Å²) in [6, 6.07) is 9.82. The van der Waals surface area contributed by atoms with E-state index in [1.807, 2.05) is 30.3 Å². The van der Waals surface area contributed by atoms with Crippen LogP contribution in [0.25, 0.3) is 0 Å². The number of piperazine rings is 1. The van der Waals surface area contributed by atoms with Crippen LogP contribution < -0.4 is 5.32 Å². The summed E-state index contributed by atoms with van der Waals surface area (Å²) in [6.07, 6.45) is -9.87. The molecule has 1 saturated heterocycles. The fourth-order valence-corrected chi connectivity index (χ4v) is 3.58. The van der Waals surface area contributed by atoms with Crippen molar-refractivity contribution in [3.05, 3.63) is 70.8 Å². The van der Waals surface area contributed by atoms with Gasteiger partial charge in [-0.2, -0.15) is 26.3 Å². The van der Waals surface area contributed by atoms with E-state index in [4.69, 9.17) is 0 Å². The highest BCUT2D eigenvalue weighted by Gasteiger charge is 2.37. The number of alkyl halides is 6. The van der Waals surface area contributed by atoms with E-state index in [1.165, 1.54) is 7.05 Å². The van der Waals surface area contributed by atoms with Crippen molar-refractivity contribution in [3.63, 3.8) is 0 Å². The summed E-state index contributed by atoms with van der Waals surface area (Å²) in [5.74, 6) is 0. The van der Waals surface area contributed by atoms with Gasteiger partial charge in [-0.1, -0.05) is 30.3 Å². The van der Waals surface area contributed by atoms with Gasteiger partial charge < -0.3 is 15.1 Å². The van der Waals surface area contributed by atoms with Crippen molar-refractivity contribution in [1.29, 1.82) is 0 Å². The van der Waals surface area contributed by atoms with Gasteiger partial charge in [0.1, 0.15) is 0 Å². The molecule has 1 atom stereocenters. The molecule has 4 nitrogen and oxygen atoms in total. The average Bonchev–Trinajstić information content (AvgIpc) is 2.72. The largest absolute Gasteiger partial charge is 0.416 e. The number of nitrogens with zero attached hydrogens (tertiary/aromatic N) is 2. The number of amides is 2. The lowest BCUT2D eigenvalue weighted by Crippen LogP contribution is -2.52. The van der Waals surface area contributed by atoms with Crippen LogP contribution in [-0.4, -0.2) is 42.5 Å². The fraction of sp³-hybridized carbons (Fsp3) is 0.381. The second kappa shape index (κ2) is 8.78. The van der Waals surface area contributed by atoms with Gasteiger partial charge in [-0.3, -0.25) is 0 Å². The van der Waals surface area contributed by atoms with Gasteiger partial charge in [0.25, 0.3) is 0 Å². The third-order valence-electron chi connectivity index (χ3n) is 5.07. The van der Waals surface area contributed by atoms with E-state index in [9.17, 15) is 31.1 Å². The molecule has 0 aliphatic carbocycles. The van der Waals surface area contributed by atoms with Crippen molar-refractivity contribution in [2.75, 3.05) is 26.7 Å². The fourth-order valence-electron chi connectivity index (χ4n) is 3.58. The maximum Gasteiger partial charge on any atom is 0.416 e. The molecule has 1 aliphatic rings. The Hall–Kier alpha value is -2.75. The van der Waals surface area contributed by atoms with E-state index in [0.29, 0.717) is 31.8 Å². The van der Waals surface area contributed by atoms with Crippen molar-refractivity contribution in [2.45, 2.75) is 24.9 Å². The molecule has 168 valence electrons. The molecule has 0 bridgehead atoms. The van der Waals surface area contributed by atoms with Crippen LogP contribution in [0.3, 0.4) is 0 Å². The molecule has 10 heteroatoms. The van der Waals surface area contributed by atoms with Crippen molar-refractivity contribution >= 4 is 6.03 Å². The van der Waals surface area contributed by atoms with Crippen LogP contribution in [0.1, 0.15) is 28.3 Å². The summed E-state index contributed by atoms with van der Waals surface area (Å²) in [7, 11) is 1.36. The Morgan fingerprint density at radius 3 is 2.16 bits per heavy atom. The Kier molecular flexibility index (Phi) is 6.49. The van der Waals surface area contributed by atoms with Gasteiger partial charge >= 0.3 is 18.4 Å². The van der Waals surface area contributed by atoms with Crippen LogP contribution in [0.4, 0.5) is 31.1 Å². The lowest BCUT2D eigenvalue weighted by atomic mass is 10.0. The van der Waals surface area contributed by atoms with E-state index in [2.05, 4.69) is 5.32 Å². The quantitative estimate of drug-likeness (QED) is 0.681. The van der Waals surface area contributed by atoms with Crippen LogP contribution in [0.5, 0.6) is 0 Å². The second-order valence-corrected chi connectivity index (χ2v) is 7.38. The highest BCUT2D eigenvalue weighted by atomic mass is 19.4. The summed E-state index contributed by atoms with van der Waals surface area (Å²) < 4.78 is 78.6. The first-order valence-electron chi connectivity index (χ1n) is 9.52. The van der Waals surface area contributed by atoms with Gasteiger partial charge in [0.15, 0.2) is 0 Å². The zero-order valence-electron chi connectivity index (χ0n) is 16.6. The van der Waals surface area contributed by atoms with E-state index in [1.54, 1.807) is 4.90 Å². The molecule has 31 heavy (non-hydrogen) atoms. The molecule has 2 amide bonds. The summed E-state index contributed by atoms with van der Waals surface area (Å²) in [5, 5.41) is 3.19. The van der Waals surface area contributed by atoms with Crippen molar-refractivity contribution < 1.29 is 31.1 Å². The second-order valence-electron chi connectivity index (χ2n) is 7.38. The molecule has 3 rings (SSSR count). The van der Waals surface area contributed by atoms with Crippen LogP contribution in [0.15, 0.2) is 48.5 Å². The van der Waals surface area contributed by atoms with Gasteiger partial charge in [-0.15, -0.1) is 0 Å². The number of rotatable bonds is 3. The minimum atomic E-state index is -4.93. The maximum absolute atomic E-state index is 13.1. The summed E-state index contributed by atoms with van der Waals surface area (Å²) in [4.78, 5) is 15.7. The SMILES string of the molecule is CN(Cc1cc(C(F)(F)F)cc(C(F)(F)F)c1)C(=O)N1CCNCC1c1ccccc1. The van der Waals surface area contributed by atoms with E-state index >= 15 is 0 Å². The average molecular weight is 445 g/mol. The third kappa shape index (κ3) is 5.49. The molecule has 0 radical (unpaired) electrons. The third-order valence-corrected chi connectivity index (χ3v) is 5.07. The summed E-state index contributed by atoms with van der Waals surface area (Å²) in [6.45, 7) is 0.993. The molecular formula is C21H21F6N3O. The highest BCUT2D eigenvalue weighted by molar-refractivity contribution is 5.75. The minimum Gasteiger partial charge on any atom is -0.323 e. The summed E-state index contributed by atoms with van der Waals surface area (Å²) >= 11 is 0. The number of halogens is 6.